The van der Waals surface area contributed by atoms with E-state index in [1.807, 2.05) is 19.1 Å². The summed E-state index contributed by atoms with van der Waals surface area (Å²) in [4.78, 5) is 23.3. The quantitative estimate of drug-likeness (QED) is 0.359. The standard InChI is InChI=1S/C16H20N2O5/c1-4-22-14(20)10-13(19)15(16(21)23-5-2)18-17-12-9-7-6-8-11(12)3/h6-9,19H,4-5,10H2,1-3H3/b15-13-,18-17?. The lowest BCUT2D eigenvalue weighted by Gasteiger charge is -2.06. The first-order valence-electron chi connectivity index (χ1n) is 7.21. The molecule has 1 N–H and O–H groups in total. The molecule has 0 saturated carbocycles. The molecule has 0 heterocycles. The molecule has 0 unspecified atom stereocenters. The molecule has 0 amide bonds. The van der Waals surface area contributed by atoms with E-state index in [1.54, 1.807) is 26.0 Å². The van der Waals surface area contributed by atoms with Crippen molar-refractivity contribution in [3.05, 3.63) is 41.3 Å². The van der Waals surface area contributed by atoms with Crippen LogP contribution in [-0.2, 0) is 19.1 Å². The zero-order chi connectivity index (χ0) is 17.2. The number of ether oxygens (including phenoxy) is 2. The van der Waals surface area contributed by atoms with Crippen LogP contribution in [0.25, 0.3) is 0 Å². The summed E-state index contributed by atoms with van der Waals surface area (Å²) in [6, 6.07) is 7.16. The maximum atomic E-state index is 11.9. The topological polar surface area (TPSA) is 97.5 Å². The van der Waals surface area contributed by atoms with Gasteiger partial charge in [0.2, 0.25) is 5.70 Å². The van der Waals surface area contributed by atoms with Crippen LogP contribution >= 0.6 is 0 Å². The van der Waals surface area contributed by atoms with Crippen LogP contribution in [-0.4, -0.2) is 30.3 Å². The molecular formula is C16H20N2O5. The second kappa shape index (κ2) is 9.34. The average molecular weight is 320 g/mol. The molecule has 1 rings (SSSR count). The summed E-state index contributed by atoms with van der Waals surface area (Å²) in [7, 11) is 0. The summed E-state index contributed by atoms with van der Waals surface area (Å²) in [6.45, 7) is 5.38. The van der Waals surface area contributed by atoms with Crippen molar-refractivity contribution in [3.8, 4) is 0 Å². The fraction of sp³-hybridized carbons (Fsp3) is 0.375. The molecule has 124 valence electrons. The number of aryl methyl sites for hydroxylation is 1. The normalized spacial score (nSPS) is 12.0. The molecule has 7 heteroatoms. The number of aliphatic hydroxyl groups is 1. The lowest BCUT2D eigenvalue weighted by Crippen LogP contribution is -2.12. The SMILES string of the molecule is CCOC(=O)C/C(O)=C(/N=Nc1ccccc1C)C(=O)OCC. The molecule has 0 bridgehead atoms. The Morgan fingerprint density at radius 2 is 1.78 bits per heavy atom. The van der Waals surface area contributed by atoms with Crippen LogP contribution in [0.15, 0.2) is 46.0 Å². The Hall–Kier alpha value is -2.70. The number of carbonyl (C=O) groups excluding carboxylic acids is 2. The van der Waals surface area contributed by atoms with Crippen molar-refractivity contribution in [3.63, 3.8) is 0 Å². The van der Waals surface area contributed by atoms with Crippen molar-refractivity contribution in [1.82, 2.24) is 0 Å². The van der Waals surface area contributed by atoms with Gasteiger partial charge in [-0.3, -0.25) is 4.79 Å². The van der Waals surface area contributed by atoms with Gasteiger partial charge in [-0.15, -0.1) is 10.2 Å². The molecule has 0 spiro atoms. The van der Waals surface area contributed by atoms with Gasteiger partial charge in [-0.05, 0) is 32.4 Å². The third kappa shape index (κ3) is 5.90. The van der Waals surface area contributed by atoms with Crippen LogP contribution in [0.2, 0.25) is 0 Å². The van der Waals surface area contributed by atoms with Gasteiger partial charge in [0.1, 0.15) is 12.2 Å². The van der Waals surface area contributed by atoms with Crippen molar-refractivity contribution in [2.24, 2.45) is 10.2 Å². The zero-order valence-corrected chi connectivity index (χ0v) is 13.4. The summed E-state index contributed by atoms with van der Waals surface area (Å²) in [6.07, 6.45) is -0.477. The monoisotopic (exact) mass is 320 g/mol. The zero-order valence-electron chi connectivity index (χ0n) is 13.4. The minimum absolute atomic E-state index is 0.106. The first-order chi connectivity index (χ1) is 11.0. The molecule has 0 atom stereocenters. The van der Waals surface area contributed by atoms with Gasteiger partial charge in [-0.25, -0.2) is 4.79 Å². The Morgan fingerprint density at radius 1 is 1.13 bits per heavy atom. The molecule has 0 aliphatic rings. The van der Waals surface area contributed by atoms with E-state index < -0.39 is 29.8 Å². The molecule has 0 saturated heterocycles. The van der Waals surface area contributed by atoms with Crippen LogP contribution in [0.1, 0.15) is 25.8 Å². The van der Waals surface area contributed by atoms with E-state index in [-0.39, 0.29) is 13.2 Å². The lowest BCUT2D eigenvalue weighted by molar-refractivity contribution is -0.142. The summed E-state index contributed by atoms with van der Waals surface area (Å²) in [5, 5.41) is 17.7. The summed E-state index contributed by atoms with van der Waals surface area (Å²) >= 11 is 0. The van der Waals surface area contributed by atoms with E-state index in [0.717, 1.165) is 5.56 Å². The molecule has 23 heavy (non-hydrogen) atoms. The van der Waals surface area contributed by atoms with Crippen molar-refractivity contribution < 1.29 is 24.2 Å². The van der Waals surface area contributed by atoms with Gasteiger partial charge in [0.25, 0.3) is 0 Å². The number of aliphatic hydroxyl groups excluding tert-OH is 1. The minimum atomic E-state index is -0.855. The van der Waals surface area contributed by atoms with E-state index in [4.69, 9.17) is 9.47 Å². The highest BCUT2D eigenvalue weighted by atomic mass is 16.5. The number of rotatable bonds is 7. The maximum absolute atomic E-state index is 11.9. The molecule has 0 aliphatic heterocycles. The van der Waals surface area contributed by atoms with Gasteiger partial charge in [0, 0.05) is 0 Å². The van der Waals surface area contributed by atoms with E-state index >= 15 is 0 Å². The second-order valence-corrected chi connectivity index (χ2v) is 4.48. The highest BCUT2D eigenvalue weighted by Crippen LogP contribution is 2.20. The van der Waals surface area contributed by atoms with E-state index in [0.29, 0.717) is 5.69 Å². The Balaban J connectivity index is 3.07. The highest BCUT2D eigenvalue weighted by molar-refractivity contribution is 5.89. The second-order valence-electron chi connectivity index (χ2n) is 4.48. The van der Waals surface area contributed by atoms with Gasteiger partial charge in [-0.2, -0.15) is 0 Å². The average Bonchev–Trinajstić information content (AvgIpc) is 2.49. The van der Waals surface area contributed by atoms with Gasteiger partial charge in [0.15, 0.2) is 0 Å². The van der Waals surface area contributed by atoms with Crippen LogP contribution in [0.3, 0.4) is 0 Å². The van der Waals surface area contributed by atoms with E-state index in [1.165, 1.54) is 0 Å². The molecule has 1 aromatic carbocycles. The summed E-state index contributed by atoms with van der Waals surface area (Å²) < 4.78 is 9.55. The van der Waals surface area contributed by atoms with E-state index in [2.05, 4.69) is 10.2 Å². The molecule has 0 aliphatic carbocycles. The van der Waals surface area contributed by atoms with Gasteiger partial charge >= 0.3 is 11.9 Å². The Morgan fingerprint density at radius 3 is 2.39 bits per heavy atom. The molecule has 7 nitrogen and oxygen atoms in total. The molecule has 1 aromatic rings. The maximum Gasteiger partial charge on any atom is 0.362 e. The first-order valence-corrected chi connectivity index (χ1v) is 7.21. The number of azo groups is 1. The van der Waals surface area contributed by atoms with Crippen LogP contribution in [0, 0.1) is 6.92 Å². The van der Waals surface area contributed by atoms with E-state index in [9.17, 15) is 14.7 Å². The predicted octanol–water partition coefficient (Wildman–Crippen LogP) is 3.36. The van der Waals surface area contributed by atoms with Crippen LogP contribution in [0.5, 0.6) is 0 Å². The van der Waals surface area contributed by atoms with Crippen molar-refractivity contribution in [1.29, 1.82) is 0 Å². The number of hydrogen-bond donors (Lipinski definition) is 1. The fourth-order valence-corrected chi connectivity index (χ4v) is 1.63. The van der Waals surface area contributed by atoms with Gasteiger partial charge in [0.05, 0.1) is 18.9 Å². The first kappa shape index (κ1) is 18.3. The fourth-order valence-electron chi connectivity index (χ4n) is 1.63. The number of esters is 2. The Kier molecular flexibility index (Phi) is 7.45. The number of hydrogen-bond acceptors (Lipinski definition) is 7. The van der Waals surface area contributed by atoms with Crippen LogP contribution in [0.4, 0.5) is 5.69 Å². The Bertz CT molecular complexity index is 623. The highest BCUT2D eigenvalue weighted by Gasteiger charge is 2.19. The van der Waals surface area contributed by atoms with Crippen molar-refractivity contribution >= 4 is 17.6 Å². The van der Waals surface area contributed by atoms with Crippen molar-refractivity contribution in [2.75, 3.05) is 13.2 Å². The lowest BCUT2D eigenvalue weighted by atomic mass is 10.2. The smallest absolute Gasteiger partial charge is 0.362 e. The summed E-state index contributed by atoms with van der Waals surface area (Å²) in [5.41, 5.74) is 0.978. The van der Waals surface area contributed by atoms with Crippen molar-refractivity contribution in [2.45, 2.75) is 27.2 Å². The predicted molar refractivity (Wildman–Crippen MR) is 83.2 cm³/mol. The Labute approximate surface area is 134 Å². The number of benzene rings is 1. The largest absolute Gasteiger partial charge is 0.509 e. The number of carbonyl (C=O) groups is 2. The van der Waals surface area contributed by atoms with Crippen LogP contribution < -0.4 is 0 Å². The summed E-state index contributed by atoms with van der Waals surface area (Å²) in [5.74, 6) is -2.07. The molecule has 0 radical (unpaired) electrons. The number of nitrogens with zero attached hydrogens (tertiary/aromatic N) is 2. The molecular weight excluding hydrogens is 300 g/mol. The third-order valence-electron chi connectivity index (χ3n) is 2.73. The van der Waals surface area contributed by atoms with Gasteiger partial charge in [-0.1, -0.05) is 18.2 Å². The minimum Gasteiger partial charge on any atom is -0.509 e. The molecule has 0 fully saturated rings. The third-order valence-corrected chi connectivity index (χ3v) is 2.73. The molecule has 0 aromatic heterocycles. The van der Waals surface area contributed by atoms with Gasteiger partial charge < -0.3 is 14.6 Å².